The quantitative estimate of drug-likeness (QED) is 0.718. The standard InChI is InChI=1S/C14H30N2/c1-5-13(6-2)10-16(7-3)12-14(4)8-9-15-11-14/h13,15H,5-12H2,1-4H3. The monoisotopic (exact) mass is 226 g/mol. The molecule has 1 aliphatic rings. The lowest BCUT2D eigenvalue weighted by atomic mass is 9.88. The Morgan fingerprint density at radius 3 is 2.38 bits per heavy atom. The Morgan fingerprint density at radius 2 is 1.94 bits per heavy atom. The molecule has 1 heterocycles. The molecule has 1 rings (SSSR count). The lowest BCUT2D eigenvalue weighted by Gasteiger charge is -2.33. The first kappa shape index (κ1) is 14.0. The van der Waals surface area contributed by atoms with Crippen molar-refractivity contribution in [1.82, 2.24) is 10.2 Å². The van der Waals surface area contributed by atoms with Gasteiger partial charge < -0.3 is 10.2 Å². The van der Waals surface area contributed by atoms with E-state index in [0.29, 0.717) is 5.41 Å². The van der Waals surface area contributed by atoms with Crippen LogP contribution in [-0.2, 0) is 0 Å². The van der Waals surface area contributed by atoms with Crippen molar-refractivity contribution in [3.05, 3.63) is 0 Å². The van der Waals surface area contributed by atoms with Gasteiger partial charge in [0.1, 0.15) is 0 Å². The summed E-state index contributed by atoms with van der Waals surface area (Å²) in [6, 6.07) is 0. The lowest BCUT2D eigenvalue weighted by molar-refractivity contribution is 0.158. The van der Waals surface area contributed by atoms with E-state index in [0.717, 1.165) is 5.92 Å². The highest BCUT2D eigenvalue weighted by molar-refractivity contribution is 4.86. The van der Waals surface area contributed by atoms with E-state index in [9.17, 15) is 0 Å². The molecule has 96 valence electrons. The number of nitrogens with zero attached hydrogens (tertiary/aromatic N) is 1. The van der Waals surface area contributed by atoms with Crippen LogP contribution >= 0.6 is 0 Å². The fraction of sp³-hybridized carbons (Fsp3) is 1.00. The van der Waals surface area contributed by atoms with Gasteiger partial charge in [-0.15, -0.1) is 0 Å². The molecule has 0 aromatic heterocycles. The fourth-order valence-corrected chi connectivity index (χ4v) is 2.76. The van der Waals surface area contributed by atoms with Crippen LogP contribution in [0.4, 0.5) is 0 Å². The summed E-state index contributed by atoms with van der Waals surface area (Å²) in [5, 5.41) is 3.50. The summed E-state index contributed by atoms with van der Waals surface area (Å²) in [4.78, 5) is 2.66. The Balaban J connectivity index is 2.41. The van der Waals surface area contributed by atoms with Crippen LogP contribution in [0.2, 0.25) is 0 Å². The molecule has 1 atom stereocenters. The van der Waals surface area contributed by atoms with E-state index in [-0.39, 0.29) is 0 Å². The first-order chi connectivity index (χ1) is 7.63. The highest BCUT2D eigenvalue weighted by Crippen LogP contribution is 2.26. The zero-order valence-corrected chi connectivity index (χ0v) is 11.7. The van der Waals surface area contributed by atoms with E-state index in [1.165, 1.54) is 52.0 Å². The molecular weight excluding hydrogens is 196 g/mol. The number of nitrogens with one attached hydrogen (secondary N) is 1. The van der Waals surface area contributed by atoms with Gasteiger partial charge in [0.05, 0.1) is 0 Å². The second-order valence-corrected chi connectivity index (χ2v) is 5.75. The molecule has 0 bridgehead atoms. The average Bonchev–Trinajstić information content (AvgIpc) is 2.71. The predicted octanol–water partition coefficient (Wildman–Crippen LogP) is 2.74. The zero-order valence-electron chi connectivity index (χ0n) is 11.7. The van der Waals surface area contributed by atoms with Crippen LogP contribution < -0.4 is 5.32 Å². The normalized spacial score (nSPS) is 25.9. The molecule has 1 N–H and O–H groups in total. The van der Waals surface area contributed by atoms with Gasteiger partial charge in [-0.3, -0.25) is 0 Å². The SMILES string of the molecule is CCC(CC)CN(CC)CC1(C)CCNC1. The van der Waals surface area contributed by atoms with Crippen LogP contribution in [0.1, 0.15) is 47.0 Å². The Morgan fingerprint density at radius 1 is 1.25 bits per heavy atom. The Hall–Kier alpha value is -0.0800. The highest BCUT2D eigenvalue weighted by Gasteiger charge is 2.30. The van der Waals surface area contributed by atoms with E-state index < -0.39 is 0 Å². The first-order valence-corrected chi connectivity index (χ1v) is 7.06. The molecule has 1 saturated heterocycles. The summed E-state index contributed by atoms with van der Waals surface area (Å²) in [6.07, 6.45) is 3.98. The average molecular weight is 226 g/mol. The van der Waals surface area contributed by atoms with Gasteiger partial charge >= 0.3 is 0 Å². The number of rotatable bonds is 7. The molecule has 16 heavy (non-hydrogen) atoms. The molecule has 1 unspecified atom stereocenters. The minimum atomic E-state index is 0.516. The number of hydrogen-bond acceptors (Lipinski definition) is 2. The maximum Gasteiger partial charge on any atom is 0.00480 e. The van der Waals surface area contributed by atoms with Gasteiger partial charge in [-0.25, -0.2) is 0 Å². The summed E-state index contributed by atoms with van der Waals surface area (Å²) >= 11 is 0. The van der Waals surface area contributed by atoms with Crippen molar-refractivity contribution in [2.75, 3.05) is 32.7 Å². The summed E-state index contributed by atoms with van der Waals surface area (Å²) < 4.78 is 0. The van der Waals surface area contributed by atoms with Crippen molar-refractivity contribution < 1.29 is 0 Å². The topological polar surface area (TPSA) is 15.3 Å². The zero-order chi connectivity index (χ0) is 12.0. The third-order valence-electron chi connectivity index (χ3n) is 4.18. The molecular formula is C14H30N2. The van der Waals surface area contributed by atoms with Crippen molar-refractivity contribution in [2.24, 2.45) is 11.3 Å². The van der Waals surface area contributed by atoms with Crippen LogP contribution in [0.15, 0.2) is 0 Å². The summed E-state index contributed by atoms with van der Waals surface area (Å²) in [7, 11) is 0. The fourth-order valence-electron chi connectivity index (χ4n) is 2.76. The van der Waals surface area contributed by atoms with Crippen LogP contribution in [0.25, 0.3) is 0 Å². The molecule has 2 nitrogen and oxygen atoms in total. The largest absolute Gasteiger partial charge is 0.316 e. The molecule has 1 fully saturated rings. The molecule has 0 aromatic rings. The summed E-state index contributed by atoms with van der Waals surface area (Å²) in [5.74, 6) is 0.887. The maximum atomic E-state index is 3.50. The molecule has 2 heteroatoms. The summed E-state index contributed by atoms with van der Waals surface area (Å²) in [5.41, 5.74) is 0.516. The summed E-state index contributed by atoms with van der Waals surface area (Å²) in [6.45, 7) is 15.5. The maximum absolute atomic E-state index is 3.50. The molecule has 0 amide bonds. The van der Waals surface area contributed by atoms with E-state index in [1.807, 2.05) is 0 Å². The van der Waals surface area contributed by atoms with Crippen LogP contribution in [0, 0.1) is 11.3 Å². The predicted molar refractivity (Wildman–Crippen MR) is 71.8 cm³/mol. The van der Waals surface area contributed by atoms with Gasteiger partial charge in [-0.2, -0.15) is 0 Å². The second kappa shape index (κ2) is 6.61. The highest BCUT2D eigenvalue weighted by atomic mass is 15.1. The minimum absolute atomic E-state index is 0.516. The molecule has 1 aliphatic heterocycles. The third-order valence-corrected chi connectivity index (χ3v) is 4.18. The smallest absolute Gasteiger partial charge is 0.00480 e. The van der Waals surface area contributed by atoms with Gasteiger partial charge in [0, 0.05) is 19.6 Å². The number of hydrogen-bond donors (Lipinski definition) is 1. The van der Waals surface area contributed by atoms with E-state index >= 15 is 0 Å². The van der Waals surface area contributed by atoms with Crippen LogP contribution in [-0.4, -0.2) is 37.6 Å². The van der Waals surface area contributed by atoms with Crippen molar-refractivity contribution in [1.29, 1.82) is 0 Å². The minimum Gasteiger partial charge on any atom is -0.316 e. The second-order valence-electron chi connectivity index (χ2n) is 5.75. The van der Waals surface area contributed by atoms with Gasteiger partial charge in [-0.05, 0) is 30.8 Å². The van der Waals surface area contributed by atoms with E-state index in [4.69, 9.17) is 0 Å². The van der Waals surface area contributed by atoms with Gasteiger partial charge in [0.2, 0.25) is 0 Å². The molecule has 0 saturated carbocycles. The van der Waals surface area contributed by atoms with Crippen molar-refractivity contribution >= 4 is 0 Å². The van der Waals surface area contributed by atoms with Crippen molar-refractivity contribution in [3.63, 3.8) is 0 Å². The lowest BCUT2D eigenvalue weighted by Crippen LogP contribution is -2.39. The van der Waals surface area contributed by atoms with Crippen LogP contribution in [0.3, 0.4) is 0 Å². The van der Waals surface area contributed by atoms with Gasteiger partial charge in [0.15, 0.2) is 0 Å². The molecule has 0 radical (unpaired) electrons. The Kier molecular flexibility index (Phi) is 5.77. The van der Waals surface area contributed by atoms with Crippen LogP contribution in [0.5, 0.6) is 0 Å². The Bertz CT molecular complexity index is 181. The third kappa shape index (κ3) is 4.06. The van der Waals surface area contributed by atoms with E-state index in [1.54, 1.807) is 0 Å². The van der Waals surface area contributed by atoms with Crippen molar-refractivity contribution in [2.45, 2.75) is 47.0 Å². The van der Waals surface area contributed by atoms with E-state index in [2.05, 4.69) is 37.9 Å². The Labute approximate surface area is 102 Å². The first-order valence-electron chi connectivity index (χ1n) is 7.06. The van der Waals surface area contributed by atoms with Gasteiger partial charge in [0.25, 0.3) is 0 Å². The van der Waals surface area contributed by atoms with Gasteiger partial charge in [-0.1, -0.05) is 40.5 Å². The molecule has 0 spiro atoms. The molecule has 0 aliphatic carbocycles. The van der Waals surface area contributed by atoms with Crippen molar-refractivity contribution in [3.8, 4) is 0 Å². The molecule has 0 aromatic carbocycles.